The van der Waals surface area contributed by atoms with Crippen LogP contribution in [0.3, 0.4) is 0 Å². The highest BCUT2D eigenvalue weighted by molar-refractivity contribution is 6.50. The van der Waals surface area contributed by atoms with Gasteiger partial charge in [-0.1, -0.05) is 48.5 Å². The maximum Gasteiger partial charge on any atom is 0.673 e. The van der Waals surface area contributed by atoms with Crippen LogP contribution in [0.15, 0.2) is 72.8 Å². The number of hydrogen-bond acceptors (Lipinski definition) is 0. The molecular formula is C19H18BF4N. The van der Waals surface area contributed by atoms with Crippen LogP contribution in [0.25, 0.3) is 16.8 Å². The minimum Gasteiger partial charge on any atom is -0.418 e. The highest BCUT2D eigenvalue weighted by atomic mass is 19.5. The number of nitrogens with zero attached hydrogens (tertiary/aromatic N) is 1. The van der Waals surface area contributed by atoms with Crippen LogP contribution in [0.4, 0.5) is 17.3 Å². The number of aromatic nitrogens is 1. The molecule has 3 aromatic rings. The Hall–Kier alpha value is -2.63. The van der Waals surface area contributed by atoms with E-state index in [-0.39, 0.29) is 0 Å². The Kier molecular flexibility index (Phi) is 5.96. The quantitative estimate of drug-likeness (QED) is 0.325. The third kappa shape index (κ3) is 5.74. The zero-order chi connectivity index (χ0) is 18.4. The summed E-state index contributed by atoms with van der Waals surface area (Å²) in [5.41, 5.74) is 6.24. The predicted molar refractivity (Wildman–Crippen MR) is 93.1 cm³/mol. The van der Waals surface area contributed by atoms with Crippen LogP contribution in [0.1, 0.15) is 11.4 Å². The minimum absolute atomic E-state index is 1.21. The smallest absolute Gasteiger partial charge is 0.418 e. The molecule has 2 aromatic carbocycles. The van der Waals surface area contributed by atoms with Gasteiger partial charge in [0.1, 0.15) is 0 Å². The fourth-order valence-electron chi connectivity index (χ4n) is 2.68. The molecule has 0 bridgehead atoms. The van der Waals surface area contributed by atoms with Gasteiger partial charge in [-0.2, -0.15) is 4.57 Å². The molecule has 0 aliphatic carbocycles. The van der Waals surface area contributed by atoms with E-state index in [1.807, 2.05) is 6.07 Å². The molecule has 0 saturated heterocycles. The van der Waals surface area contributed by atoms with Gasteiger partial charge in [0.05, 0.1) is 0 Å². The van der Waals surface area contributed by atoms with Crippen molar-refractivity contribution in [2.75, 3.05) is 0 Å². The summed E-state index contributed by atoms with van der Waals surface area (Å²) >= 11 is 0. The lowest BCUT2D eigenvalue weighted by Gasteiger charge is -2.07. The first-order valence-corrected chi connectivity index (χ1v) is 7.77. The zero-order valence-corrected chi connectivity index (χ0v) is 14.0. The molecule has 0 amide bonds. The van der Waals surface area contributed by atoms with Crippen LogP contribution >= 0.6 is 0 Å². The highest BCUT2D eigenvalue weighted by Crippen LogP contribution is 2.20. The summed E-state index contributed by atoms with van der Waals surface area (Å²) in [6, 6.07) is 25.5. The standard InChI is InChI=1S/C19H18N.BF4/c1-15-13-18(17-9-5-3-6-10-17)14-16(2)20(15)19-11-7-4-8-12-19;2-1(3,4)5/h3-14H,1-2H3;/q+1;-1. The number of rotatable bonds is 2. The van der Waals surface area contributed by atoms with Crippen LogP contribution in [0.2, 0.25) is 0 Å². The van der Waals surface area contributed by atoms with E-state index in [0.717, 1.165) is 0 Å². The minimum atomic E-state index is -6.00. The van der Waals surface area contributed by atoms with Gasteiger partial charge in [-0.05, 0) is 11.1 Å². The average molecular weight is 347 g/mol. The fourth-order valence-corrected chi connectivity index (χ4v) is 2.68. The van der Waals surface area contributed by atoms with Crippen molar-refractivity contribution in [3.63, 3.8) is 0 Å². The fraction of sp³-hybridized carbons (Fsp3) is 0.105. The van der Waals surface area contributed by atoms with E-state index in [1.54, 1.807) is 0 Å². The van der Waals surface area contributed by atoms with Gasteiger partial charge in [-0.3, -0.25) is 0 Å². The topological polar surface area (TPSA) is 3.88 Å². The number of pyridine rings is 1. The van der Waals surface area contributed by atoms with Crippen LogP contribution in [-0.2, 0) is 0 Å². The van der Waals surface area contributed by atoms with Crippen LogP contribution in [0, 0.1) is 13.8 Å². The molecule has 0 N–H and O–H groups in total. The first kappa shape index (κ1) is 18.7. The number of para-hydroxylation sites is 1. The summed E-state index contributed by atoms with van der Waals surface area (Å²) in [4.78, 5) is 0. The maximum absolute atomic E-state index is 9.75. The second kappa shape index (κ2) is 7.97. The van der Waals surface area contributed by atoms with Gasteiger partial charge in [-0.25, -0.2) is 0 Å². The second-order valence-corrected chi connectivity index (χ2v) is 5.56. The van der Waals surface area contributed by atoms with Gasteiger partial charge in [0.2, 0.25) is 5.69 Å². The zero-order valence-electron chi connectivity index (χ0n) is 14.0. The molecule has 0 radical (unpaired) electrons. The van der Waals surface area contributed by atoms with E-state index in [9.17, 15) is 17.3 Å². The van der Waals surface area contributed by atoms with Gasteiger partial charge in [0, 0.05) is 38.1 Å². The number of benzene rings is 2. The molecule has 1 heterocycles. The number of hydrogen-bond donors (Lipinski definition) is 0. The lowest BCUT2D eigenvalue weighted by Crippen LogP contribution is -2.37. The lowest BCUT2D eigenvalue weighted by molar-refractivity contribution is -0.609. The number of halogens is 4. The van der Waals surface area contributed by atoms with E-state index in [2.05, 4.69) is 85.1 Å². The second-order valence-electron chi connectivity index (χ2n) is 5.56. The Labute approximate surface area is 144 Å². The summed E-state index contributed by atoms with van der Waals surface area (Å²) < 4.78 is 41.3. The molecule has 25 heavy (non-hydrogen) atoms. The van der Waals surface area contributed by atoms with E-state index in [0.29, 0.717) is 0 Å². The van der Waals surface area contributed by atoms with Crippen molar-refractivity contribution in [1.29, 1.82) is 0 Å². The first-order valence-electron chi connectivity index (χ1n) is 7.77. The summed E-state index contributed by atoms with van der Waals surface area (Å²) in [5.74, 6) is 0. The van der Waals surface area contributed by atoms with E-state index >= 15 is 0 Å². The summed E-state index contributed by atoms with van der Waals surface area (Å²) in [6.07, 6.45) is 0. The van der Waals surface area contributed by atoms with Gasteiger partial charge >= 0.3 is 7.25 Å². The Balaban J connectivity index is 0.000000399. The third-order valence-electron chi connectivity index (χ3n) is 3.56. The summed E-state index contributed by atoms with van der Waals surface area (Å²) in [6.45, 7) is 4.32. The Morgan fingerprint density at radius 3 is 1.48 bits per heavy atom. The Bertz CT molecular complexity index is 789. The molecule has 130 valence electrons. The molecule has 1 aromatic heterocycles. The molecule has 0 aliphatic rings. The molecular weight excluding hydrogens is 329 g/mol. The van der Waals surface area contributed by atoms with Gasteiger partial charge < -0.3 is 17.3 Å². The van der Waals surface area contributed by atoms with E-state index in [4.69, 9.17) is 0 Å². The Morgan fingerprint density at radius 1 is 0.640 bits per heavy atom. The van der Waals surface area contributed by atoms with Crippen molar-refractivity contribution in [2.24, 2.45) is 0 Å². The monoisotopic (exact) mass is 347 g/mol. The van der Waals surface area contributed by atoms with Crippen molar-refractivity contribution in [2.45, 2.75) is 13.8 Å². The first-order chi connectivity index (χ1) is 11.8. The van der Waals surface area contributed by atoms with Crippen molar-refractivity contribution < 1.29 is 21.8 Å². The van der Waals surface area contributed by atoms with Crippen molar-refractivity contribution >= 4 is 7.25 Å². The SMILES string of the molecule is Cc1cc(-c2ccccc2)cc(C)[n+]1-c1ccccc1.F[B-](F)(F)F. The molecule has 3 rings (SSSR count). The largest absolute Gasteiger partial charge is 0.673 e. The maximum atomic E-state index is 9.75. The molecule has 1 nitrogen and oxygen atoms in total. The van der Waals surface area contributed by atoms with Gasteiger partial charge in [0.25, 0.3) is 0 Å². The van der Waals surface area contributed by atoms with Crippen molar-refractivity contribution in [1.82, 2.24) is 0 Å². The Morgan fingerprint density at radius 2 is 1.04 bits per heavy atom. The molecule has 0 spiro atoms. The van der Waals surface area contributed by atoms with Crippen LogP contribution in [0.5, 0.6) is 0 Å². The normalized spacial score (nSPS) is 10.8. The molecule has 6 heteroatoms. The highest BCUT2D eigenvalue weighted by Gasteiger charge is 2.20. The van der Waals surface area contributed by atoms with Crippen LogP contribution in [-0.4, -0.2) is 7.25 Å². The molecule has 0 saturated carbocycles. The van der Waals surface area contributed by atoms with Crippen molar-refractivity contribution in [3.8, 4) is 16.8 Å². The third-order valence-corrected chi connectivity index (χ3v) is 3.56. The van der Waals surface area contributed by atoms with E-state index in [1.165, 1.54) is 28.2 Å². The van der Waals surface area contributed by atoms with Gasteiger partial charge in [-0.15, -0.1) is 0 Å². The molecule has 0 fully saturated rings. The lowest BCUT2D eigenvalue weighted by atomic mass is 10.0. The molecule has 0 atom stereocenters. The number of aryl methyl sites for hydroxylation is 2. The summed E-state index contributed by atoms with van der Waals surface area (Å²) in [7, 11) is -6.00. The summed E-state index contributed by atoms with van der Waals surface area (Å²) in [5, 5.41) is 0. The van der Waals surface area contributed by atoms with E-state index < -0.39 is 7.25 Å². The molecule has 0 aliphatic heterocycles. The van der Waals surface area contributed by atoms with Crippen molar-refractivity contribution in [3.05, 3.63) is 84.2 Å². The predicted octanol–water partition coefficient (Wildman–Crippen LogP) is 5.55. The molecule has 0 unspecified atom stereocenters. The average Bonchev–Trinajstić information content (AvgIpc) is 2.54. The van der Waals surface area contributed by atoms with Crippen LogP contribution < -0.4 is 4.57 Å². The van der Waals surface area contributed by atoms with Gasteiger partial charge in [0.15, 0.2) is 11.4 Å².